The van der Waals surface area contributed by atoms with Gasteiger partial charge in [0.2, 0.25) is 5.95 Å². The van der Waals surface area contributed by atoms with Gasteiger partial charge in [0.15, 0.2) is 0 Å². The lowest BCUT2D eigenvalue weighted by atomic mass is 10.1. The van der Waals surface area contributed by atoms with Gasteiger partial charge in [0, 0.05) is 76.0 Å². The highest BCUT2D eigenvalue weighted by Gasteiger charge is 2.25. The third-order valence-corrected chi connectivity index (χ3v) is 6.86. The van der Waals surface area contributed by atoms with E-state index in [4.69, 9.17) is 14.8 Å². The highest BCUT2D eigenvalue weighted by Crippen LogP contribution is 2.28. The third kappa shape index (κ3) is 5.22. The lowest BCUT2D eigenvalue weighted by molar-refractivity contribution is 0.0390. The van der Waals surface area contributed by atoms with Gasteiger partial charge in [-0.05, 0) is 29.8 Å². The maximum Gasteiger partial charge on any atom is 0.255 e. The highest BCUT2D eigenvalue weighted by molar-refractivity contribution is 5.59. The number of piperazine rings is 1. The van der Waals surface area contributed by atoms with E-state index < -0.39 is 0 Å². The Hall–Kier alpha value is -3.27. The standard InChI is InChI=1S/C26H32N6O3/c1-29-25(34)18-23(20-6-8-27-9-7-20)28-26(29)32-15-17-35-24(19-32)21-2-4-22(5-3-21)31-12-10-30(11-13-31)14-16-33/h2-9,18,24,33H,10-17,19H2,1H3. The molecule has 5 rings (SSSR count). The zero-order valence-electron chi connectivity index (χ0n) is 20.1. The molecule has 0 bridgehead atoms. The number of nitrogens with zero attached hydrogens (tertiary/aromatic N) is 6. The molecule has 0 radical (unpaired) electrons. The summed E-state index contributed by atoms with van der Waals surface area (Å²) in [6.45, 7) is 6.67. The molecule has 9 heteroatoms. The smallest absolute Gasteiger partial charge is 0.255 e. The molecule has 0 spiro atoms. The van der Waals surface area contributed by atoms with E-state index in [2.05, 4.69) is 43.9 Å². The fourth-order valence-electron chi connectivity index (χ4n) is 4.78. The van der Waals surface area contributed by atoms with Crippen LogP contribution in [0.15, 0.2) is 59.7 Å². The van der Waals surface area contributed by atoms with Crippen LogP contribution >= 0.6 is 0 Å². The average molecular weight is 477 g/mol. The molecule has 1 aromatic carbocycles. The molecule has 2 aliphatic heterocycles. The molecule has 35 heavy (non-hydrogen) atoms. The molecule has 184 valence electrons. The monoisotopic (exact) mass is 476 g/mol. The number of aliphatic hydroxyl groups excluding tert-OH is 1. The molecule has 0 saturated carbocycles. The van der Waals surface area contributed by atoms with Gasteiger partial charge < -0.3 is 19.6 Å². The molecular formula is C26H32N6O3. The van der Waals surface area contributed by atoms with Gasteiger partial charge in [0.1, 0.15) is 6.10 Å². The molecule has 4 heterocycles. The number of aliphatic hydroxyl groups is 1. The van der Waals surface area contributed by atoms with Crippen molar-refractivity contribution in [3.8, 4) is 11.3 Å². The largest absolute Gasteiger partial charge is 0.395 e. The molecule has 2 aliphatic rings. The number of anilines is 2. The maximum atomic E-state index is 12.7. The van der Waals surface area contributed by atoms with Crippen molar-refractivity contribution in [2.45, 2.75) is 6.10 Å². The molecular weight excluding hydrogens is 444 g/mol. The first kappa shape index (κ1) is 23.5. The predicted octanol–water partition coefficient (Wildman–Crippen LogP) is 1.53. The number of β-amino-alcohol motifs (C(OH)–C–C–N with tert-alkyl or cyclic N) is 1. The quantitative estimate of drug-likeness (QED) is 0.573. The first-order valence-corrected chi connectivity index (χ1v) is 12.2. The van der Waals surface area contributed by atoms with Crippen LogP contribution in [0, 0.1) is 0 Å². The number of benzene rings is 1. The van der Waals surface area contributed by atoms with Crippen LogP contribution in [-0.2, 0) is 11.8 Å². The van der Waals surface area contributed by atoms with Crippen molar-refractivity contribution >= 4 is 11.6 Å². The van der Waals surface area contributed by atoms with Crippen LogP contribution in [0.3, 0.4) is 0 Å². The fourth-order valence-corrected chi connectivity index (χ4v) is 4.78. The van der Waals surface area contributed by atoms with E-state index in [1.54, 1.807) is 30.1 Å². The summed E-state index contributed by atoms with van der Waals surface area (Å²) in [4.78, 5) is 28.4. The number of pyridine rings is 1. The first-order chi connectivity index (χ1) is 17.1. The van der Waals surface area contributed by atoms with Crippen LogP contribution in [0.25, 0.3) is 11.3 Å². The summed E-state index contributed by atoms with van der Waals surface area (Å²) in [5.74, 6) is 0.648. The summed E-state index contributed by atoms with van der Waals surface area (Å²) in [5.41, 5.74) is 3.76. The van der Waals surface area contributed by atoms with Crippen molar-refractivity contribution in [1.29, 1.82) is 0 Å². The van der Waals surface area contributed by atoms with Crippen LogP contribution in [-0.4, -0.2) is 83.6 Å². The van der Waals surface area contributed by atoms with E-state index in [1.165, 1.54) is 5.69 Å². The van der Waals surface area contributed by atoms with Crippen molar-refractivity contribution in [2.24, 2.45) is 7.05 Å². The number of rotatable bonds is 6. The van der Waals surface area contributed by atoms with Gasteiger partial charge in [-0.3, -0.25) is 19.2 Å². The van der Waals surface area contributed by atoms with E-state index in [9.17, 15) is 4.79 Å². The Labute approximate surface area is 205 Å². The first-order valence-electron chi connectivity index (χ1n) is 12.2. The molecule has 0 amide bonds. The molecule has 3 aromatic rings. The van der Waals surface area contributed by atoms with Crippen molar-refractivity contribution in [2.75, 3.05) is 68.8 Å². The zero-order chi connectivity index (χ0) is 24.2. The molecule has 1 N–H and O–H groups in total. The van der Waals surface area contributed by atoms with Gasteiger partial charge in [0.25, 0.3) is 5.56 Å². The topological polar surface area (TPSA) is 87.0 Å². The van der Waals surface area contributed by atoms with E-state index >= 15 is 0 Å². The minimum atomic E-state index is -0.0966. The van der Waals surface area contributed by atoms with Gasteiger partial charge in [-0.25, -0.2) is 4.98 Å². The molecule has 0 aliphatic carbocycles. The van der Waals surface area contributed by atoms with E-state index in [0.29, 0.717) is 31.3 Å². The van der Waals surface area contributed by atoms with Gasteiger partial charge in [0.05, 0.1) is 25.5 Å². The van der Waals surface area contributed by atoms with Gasteiger partial charge in [-0.1, -0.05) is 12.1 Å². The van der Waals surface area contributed by atoms with Gasteiger partial charge in [-0.15, -0.1) is 0 Å². The number of morpholine rings is 1. The average Bonchev–Trinajstić information content (AvgIpc) is 2.91. The highest BCUT2D eigenvalue weighted by atomic mass is 16.5. The zero-order valence-corrected chi connectivity index (χ0v) is 20.1. The Balaban J connectivity index is 1.30. The molecule has 1 atom stereocenters. The summed E-state index contributed by atoms with van der Waals surface area (Å²) < 4.78 is 7.72. The summed E-state index contributed by atoms with van der Waals surface area (Å²) in [7, 11) is 1.76. The van der Waals surface area contributed by atoms with Crippen molar-refractivity contribution < 1.29 is 9.84 Å². The van der Waals surface area contributed by atoms with Crippen LogP contribution in [0.2, 0.25) is 0 Å². The molecule has 2 aromatic heterocycles. The molecule has 1 unspecified atom stereocenters. The summed E-state index contributed by atoms with van der Waals surface area (Å²) in [5, 5.41) is 9.15. The molecule has 2 fully saturated rings. The molecule has 9 nitrogen and oxygen atoms in total. The second kappa shape index (κ2) is 10.6. The Morgan fingerprint density at radius 3 is 2.46 bits per heavy atom. The van der Waals surface area contributed by atoms with Crippen molar-refractivity contribution in [3.05, 3.63) is 70.8 Å². The maximum absolute atomic E-state index is 12.7. The van der Waals surface area contributed by atoms with Gasteiger partial charge in [-0.2, -0.15) is 0 Å². The van der Waals surface area contributed by atoms with E-state index in [0.717, 1.165) is 43.9 Å². The number of aromatic nitrogens is 3. The van der Waals surface area contributed by atoms with E-state index in [-0.39, 0.29) is 18.3 Å². The van der Waals surface area contributed by atoms with Crippen LogP contribution in [0.4, 0.5) is 11.6 Å². The Morgan fingerprint density at radius 1 is 1.00 bits per heavy atom. The minimum Gasteiger partial charge on any atom is -0.395 e. The Kier molecular flexibility index (Phi) is 7.08. The second-order valence-corrected chi connectivity index (χ2v) is 9.02. The van der Waals surface area contributed by atoms with E-state index in [1.807, 2.05) is 12.1 Å². The van der Waals surface area contributed by atoms with Crippen LogP contribution < -0.4 is 15.4 Å². The summed E-state index contributed by atoms with van der Waals surface area (Å²) in [6, 6.07) is 13.9. The van der Waals surface area contributed by atoms with Crippen LogP contribution in [0.5, 0.6) is 0 Å². The normalized spacial score (nSPS) is 19.2. The van der Waals surface area contributed by atoms with Crippen molar-refractivity contribution in [1.82, 2.24) is 19.4 Å². The Morgan fingerprint density at radius 2 is 1.74 bits per heavy atom. The molecule has 2 saturated heterocycles. The number of hydrogen-bond acceptors (Lipinski definition) is 8. The second-order valence-electron chi connectivity index (χ2n) is 9.02. The summed E-state index contributed by atoms with van der Waals surface area (Å²) in [6.07, 6.45) is 3.32. The van der Waals surface area contributed by atoms with Gasteiger partial charge >= 0.3 is 0 Å². The number of ether oxygens (including phenoxy) is 1. The third-order valence-electron chi connectivity index (χ3n) is 6.86. The SMILES string of the molecule is Cn1c(N2CCOC(c3ccc(N4CCN(CCO)CC4)cc3)C2)nc(-c2ccncc2)cc1=O. The minimum absolute atomic E-state index is 0.0895. The summed E-state index contributed by atoms with van der Waals surface area (Å²) >= 11 is 0. The Bertz CT molecular complexity index is 1180. The van der Waals surface area contributed by atoms with Crippen LogP contribution in [0.1, 0.15) is 11.7 Å². The van der Waals surface area contributed by atoms with Crippen molar-refractivity contribution in [3.63, 3.8) is 0 Å². The predicted molar refractivity (Wildman–Crippen MR) is 136 cm³/mol. The lowest BCUT2D eigenvalue weighted by Gasteiger charge is -2.36. The fraction of sp³-hybridized carbons (Fsp3) is 0.423. The number of hydrogen-bond donors (Lipinski definition) is 1. The lowest BCUT2D eigenvalue weighted by Crippen LogP contribution is -2.47.